The summed E-state index contributed by atoms with van der Waals surface area (Å²) in [5.41, 5.74) is 14.8. The maximum absolute atomic E-state index is 4.18. The third kappa shape index (κ3) is 7.00. The highest BCUT2D eigenvalue weighted by atomic mass is 15.2. The van der Waals surface area contributed by atoms with Gasteiger partial charge in [-0.15, -0.1) is 0 Å². The number of anilines is 1. The van der Waals surface area contributed by atoms with Crippen molar-refractivity contribution in [2.75, 3.05) is 4.90 Å². The fourth-order valence-electron chi connectivity index (χ4n) is 8.16. The molecule has 1 heteroatoms. The van der Waals surface area contributed by atoms with Crippen molar-refractivity contribution in [3.05, 3.63) is 218 Å². The Hall–Kier alpha value is -5.92. The quantitative estimate of drug-likeness (QED) is 0.165. The maximum Gasteiger partial charge on any atom is 0.0612 e. The number of hydrogen-bond acceptors (Lipinski definition) is 1. The molecule has 3 aliphatic carbocycles. The van der Waals surface area contributed by atoms with Crippen molar-refractivity contribution in [2.24, 2.45) is 11.8 Å². The third-order valence-electron chi connectivity index (χ3n) is 10.8. The van der Waals surface area contributed by atoms with Crippen molar-refractivity contribution < 1.29 is 0 Å². The maximum atomic E-state index is 4.18. The van der Waals surface area contributed by atoms with Crippen LogP contribution in [0.1, 0.15) is 48.9 Å². The van der Waals surface area contributed by atoms with Crippen LogP contribution >= 0.6 is 0 Å². The van der Waals surface area contributed by atoms with Crippen LogP contribution in [0.5, 0.6) is 0 Å². The first-order valence-corrected chi connectivity index (χ1v) is 19.0. The number of allylic oxidation sites excluding steroid dienone is 8. The number of hydrogen-bond donors (Lipinski definition) is 0. The second-order valence-electron chi connectivity index (χ2n) is 14.9. The largest absolute Gasteiger partial charge is 0.310 e. The molecule has 0 saturated carbocycles. The lowest BCUT2D eigenvalue weighted by Gasteiger charge is -2.31. The highest BCUT2D eigenvalue weighted by Crippen LogP contribution is 2.34. The van der Waals surface area contributed by atoms with Crippen LogP contribution < -0.4 is 25.8 Å². The van der Waals surface area contributed by atoms with Crippen molar-refractivity contribution in [1.29, 1.82) is 0 Å². The van der Waals surface area contributed by atoms with Gasteiger partial charge in [-0.05, 0) is 131 Å². The Kier molecular flexibility index (Phi) is 9.42. The van der Waals surface area contributed by atoms with Crippen molar-refractivity contribution in [3.8, 4) is 11.1 Å². The molecule has 0 radical (unpaired) electrons. The second kappa shape index (κ2) is 14.6. The lowest BCUT2D eigenvalue weighted by Crippen LogP contribution is -2.35. The number of benzene rings is 5. The van der Waals surface area contributed by atoms with Gasteiger partial charge in [0.05, 0.1) is 5.70 Å². The van der Waals surface area contributed by atoms with Gasteiger partial charge in [0.15, 0.2) is 0 Å². The van der Waals surface area contributed by atoms with Crippen LogP contribution in [-0.2, 0) is 0 Å². The Morgan fingerprint density at radius 2 is 1.55 bits per heavy atom. The van der Waals surface area contributed by atoms with Crippen LogP contribution in [0, 0.1) is 25.7 Å². The molecule has 260 valence electrons. The standard InChI is InChI=1S/C52H47N/c1-6-40-29-38(5)30-45-23-21-41-20-22-43(34-50(41)51(40)45)46-31-37(4)28-39(33-46)32-44-14-10-11-15-49(44)52(42-12-8-7-9-13-42)53(47-24-16-35(2)17-25-47)48-26-18-36(3)19-27-48/h6-18,20-22,24-34,36,45H,1,19,23H2,2-5H3. The first kappa shape index (κ1) is 34.2. The first-order chi connectivity index (χ1) is 25.8. The van der Waals surface area contributed by atoms with Gasteiger partial charge < -0.3 is 4.90 Å². The molecule has 5 aromatic carbocycles. The Labute approximate surface area is 314 Å². The van der Waals surface area contributed by atoms with E-state index >= 15 is 0 Å². The average Bonchev–Trinajstić information content (AvgIpc) is 3.17. The predicted octanol–water partition coefficient (Wildman–Crippen LogP) is 9.97. The minimum Gasteiger partial charge on any atom is -0.310 e. The molecule has 0 aromatic heterocycles. The fraction of sp³-hybridized carbons (Fsp3) is 0.154. The molecule has 0 bridgehead atoms. The number of fused-ring (bicyclic) bond motifs is 2. The van der Waals surface area contributed by atoms with E-state index in [1.165, 1.54) is 82.4 Å². The van der Waals surface area contributed by atoms with Crippen molar-refractivity contribution in [3.63, 3.8) is 0 Å². The summed E-state index contributed by atoms with van der Waals surface area (Å²) in [7, 11) is 0. The second-order valence-corrected chi connectivity index (χ2v) is 14.9. The Bertz CT molecular complexity index is 2610. The van der Waals surface area contributed by atoms with Crippen LogP contribution in [0.25, 0.3) is 34.5 Å². The summed E-state index contributed by atoms with van der Waals surface area (Å²) >= 11 is 0. The molecular formula is C52H47N. The molecule has 5 aromatic rings. The predicted molar refractivity (Wildman–Crippen MR) is 227 cm³/mol. The van der Waals surface area contributed by atoms with E-state index in [9.17, 15) is 0 Å². The molecule has 0 amide bonds. The summed E-state index contributed by atoms with van der Waals surface area (Å²) in [4.78, 5) is 2.45. The topological polar surface area (TPSA) is 3.24 Å². The SMILES string of the molecule is C=CC1=CC(C)=CC2CC=c3ccc(-c4cc(C)cc(C=c5ccccc5=C(c5ccccc5)N(C5=CCC(C)C=C5)c5ccc(C)cc5)c4)cc3=C12. The van der Waals surface area contributed by atoms with Gasteiger partial charge >= 0.3 is 0 Å². The minimum atomic E-state index is 0.395. The van der Waals surface area contributed by atoms with Crippen LogP contribution in [0.15, 0.2) is 175 Å². The van der Waals surface area contributed by atoms with Gasteiger partial charge in [0.1, 0.15) is 0 Å². The fourth-order valence-corrected chi connectivity index (χ4v) is 8.16. The van der Waals surface area contributed by atoms with Crippen molar-refractivity contribution in [2.45, 2.75) is 40.5 Å². The number of nitrogens with zero attached hydrogens (tertiary/aromatic N) is 1. The molecule has 3 aliphatic rings. The normalized spacial score (nSPS) is 18.5. The highest BCUT2D eigenvalue weighted by Gasteiger charge is 2.22. The number of rotatable bonds is 7. The van der Waals surface area contributed by atoms with E-state index in [0.29, 0.717) is 11.8 Å². The van der Waals surface area contributed by atoms with E-state index in [4.69, 9.17) is 0 Å². The average molecular weight is 686 g/mol. The van der Waals surface area contributed by atoms with E-state index in [-0.39, 0.29) is 0 Å². The Morgan fingerprint density at radius 3 is 2.32 bits per heavy atom. The molecule has 8 rings (SSSR count). The summed E-state index contributed by atoms with van der Waals surface area (Å²) in [6, 6.07) is 42.6. The van der Waals surface area contributed by atoms with Crippen LogP contribution in [0.4, 0.5) is 5.69 Å². The van der Waals surface area contributed by atoms with Crippen molar-refractivity contribution >= 4 is 29.1 Å². The van der Waals surface area contributed by atoms with Gasteiger partial charge in [-0.25, -0.2) is 0 Å². The molecule has 1 nitrogen and oxygen atoms in total. The molecule has 0 saturated heterocycles. The first-order valence-electron chi connectivity index (χ1n) is 19.0. The van der Waals surface area contributed by atoms with Gasteiger partial charge in [-0.2, -0.15) is 0 Å². The minimum absolute atomic E-state index is 0.395. The number of aryl methyl sites for hydroxylation is 2. The van der Waals surface area contributed by atoms with Crippen LogP contribution in [0.3, 0.4) is 0 Å². The zero-order valence-electron chi connectivity index (χ0n) is 31.3. The van der Waals surface area contributed by atoms with Crippen LogP contribution in [-0.4, -0.2) is 0 Å². The molecule has 2 atom stereocenters. The molecule has 0 heterocycles. The Morgan fingerprint density at radius 1 is 0.755 bits per heavy atom. The summed E-state index contributed by atoms with van der Waals surface area (Å²) in [6.07, 6.45) is 20.5. The third-order valence-corrected chi connectivity index (χ3v) is 10.8. The van der Waals surface area contributed by atoms with Crippen molar-refractivity contribution in [1.82, 2.24) is 0 Å². The summed E-state index contributed by atoms with van der Waals surface area (Å²) < 4.78 is 0. The van der Waals surface area contributed by atoms with Crippen LogP contribution in [0.2, 0.25) is 0 Å². The molecule has 0 spiro atoms. The van der Waals surface area contributed by atoms with Gasteiger partial charge in [-0.1, -0.05) is 152 Å². The monoisotopic (exact) mass is 685 g/mol. The van der Waals surface area contributed by atoms with Gasteiger partial charge in [0.25, 0.3) is 0 Å². The molecular weight excluding hydrogens is 639 g/mol. The van der Waals surface area contributed by atoms with E-state index < -0.39 is 0 Å². The lowest BCUT2D eigenvalue weighted by atomic mass is 9.79. The molecule has 0 aliphatic heterocycles. The summed E-state index contributed by atoms with van der Waals surface area (Å²) in [6.45, 7) is 13.0. The van der Waals surface area contributed by atoms with Gasteiger partial charge in [-0.3, -0.25) is 0 Å². The summed E-state index contributed by atoms with van der Waals surface area (Å²) in [5, 5.41) is 5.00. The van der Waals surface area contributed by atoms with E-state index in [1.54, 1.807) is 0 Å². The highest BCUT2D eigenvalue weighted by molar-refractivity contribution is 5.84. The van der Waals surface area contributed by atoms with E-state index in [0.717, 1.165) is 18.5 Å². The van der Waals surface area contributed by atoms with E-state index in [1.807, 2.05) is 6.08 Å². The summed E-state index contributed by atoms with van der Waals surface area (Å²) in [5.74, 6) is 0.916. The smallest absolute Gasteiger partial charge is 0.0612 e. The molecule has 2 unspecified atom stereocenters. The zero-order valence-corrected chi connectivity index (χ0v) is 31.3. The molecule has 0 fully saturated rings. The molecule has 0 N–H and O–H groups in total. The molecule has 53 heavy (non-hydrogen) atoms. The Balaban J connectivity index is 1.33. The van der Waals surface area contributed by atoms with Gasteiger partial charge in [0, 0.05) is 22.5 Å². The van der Waals surface area contributed by atoms with E-state index in [2.05, 4.69) is 197 Å². The van der Waals surface area contributed by atoms with Gasteiger partial charge in [0.2, 0.25) is 0 Å². The zero-order chi connectivity index (χ0) is 36.5. The lowest BCUT2D eigenvalue weighted by molar-refractivity contribution is 0.728.